The standard InChI is InChI=1S/C17H26N6O3/c1-13-4-5-15(26-13)14(23-6-8-25-9-7-23)10-18-17(24)21(2)11-16-20-19-12-22(16)3/h4-5,12,14H,6-11H2,1-3H3,(H,18,24). The molecular formula is C17H26N6O3. The van der Waals surface area contributed by atoms with Crippen molar-refractivity contribution in [2.75, 3.05) is 39.9 Å². The van der Waals surface area contributed by atoms with Crippen molar-refractivity contribution >= 4 is 6.03 Å². The molecule has 1 atom stereocenters. The second-order valence-corrected chi connectivity index (χ2v) is 6.51. The van der Waals surface area contributed by atoms with Crippen molar-refractivity contribution in [2.45, 2.75) is 19.5 Å². The highest BCUT2D eigenvalue weighted by atomic mass is 16.5. The van der Waals surface area contributed by atoms with Crippen LogP contribution in [0.3, 0.4) is 0 Å². The number of furan rings is 1. The fourth-order valence-corrected chi connectivity index (χ4v) is 2.98. The predicted octanol–water partition coefficient (Wildman–Crippen LogP) is 0.931. The van der Waals surface area contributed by atoms with Crippen molar-refractivity contribution in [3.63, 3.8) is 0 Å². The Kier molecular flexibility index (Phi) is 5.89. The van der Waals surface area contributed by atoms with Crippen molar-refractivity contribution in [2.24, 2.45) is 7.05 Å². The van der Waals surface area contributed by atoms with Crippen LogP contribution in [-0.4, -0.2) is 70.5 Å². The molecule has 9 heteroatoms. The van der Waals surface area contributed by atoms with Crippen molar-refractivity contribution < 1.29 is 13.9 Å². The second kappa shape index (κ2) is 8.33. The molecule has 0 aromatic carbocycles. The van der Waals surface area contributed by atoms with Crippen molar-refractivity contribution in [1.29, 1.82) is 0 Å². The molecule has 0 radical (unpaired) electrons. The van der Waals surface area contributed by atoms with Crippen molar-refractivity contribution in [3.8, 4) is 0 Å². The number of amides is 2. The van der Waals surface area contributed by atoms with Gasteiger partial charge in [0.2, 0.25) is 0 Å². The maximum atomic E-state index is 12.5. The number of aromatic nitrogens is 3. The van der Waals surface area contributed by atoms with E-state index in [0.29, 0.717) is 26.3 Å². The van der Waals surface area contributed by atoms with Crippen LogP contribution in [0.15, 0.2) is 22.9 Å². The Morgan fingerprint density at radius 1 is 1.38 bits per heavy atom. The average Bonchev–Trinajstić information content (AvgIpc) is 3.24. The molecule has 2 aromatic heterocycles. The molecule has 142 valence electrons. The first-order valence-corrected chi connectivity index (χ1v) is 8.74. The molecule has 9 nitrogen and oxygen atoms in total. The van der Waals surface area contributed by atoms with Gasteiger partial charge >= 0.3 is 6.03 Å². The normalized spacial score (nSPS) is 16.4. The van der Waals surface area contributed by atoms with Gasteiger partial charge in [0, 0.05) is 33.7 Å². The lowest BCUT2D eigenvalue weighted by Gasteiger charge is -2.33. The van der Waals surface area contributed by atoms with Gasteiger partial charge in [0.05, 0.1) is 25.8 Å². The number of urea groups is 1. The lowest BCUT2D eigenvalue weighted by atomic mass is 10.1. The molecule has 1 unspecified atom stereocenters. The monoisotopic (exact) mass is 362 g/mol. The Morgan fingerprint density at radius 2 is 2.15 bits per heavy atom. The molecule has 1 saturated heterocycles. The van der Waals surface area contributed by atoms with Gasteiger partial charge in [-0.25, -0.2) is 4.79 Å². The third-order valence-electron chi connectivity index (χ3n) is 4.55. The summed E-state index contributed by atoms with van der Waals surface area (Å²) in [4.78, 5) is 16.4. The molecule has 1 aliphatic heterocycles. The number of rotatable bonds is 6. The first-order valence-electron chi connectivity index (χ1n) is 8.74. The number of carbonyl (C=O) groups excluding carboxylic acids is 1. The fraction of sp³-hybridized carbons (Fsp3) is 0.588. The summed E-state index contributed by atoms with van der Waals surface area (Å²) >= 11 is 0. The van der Waals surface area contributed by atoms with E-state index in [0.717, 1.165) is 30.4 Å². The molecule has 1 aliphatic rings. The Balaban J connectivity index is 1.61. The summed E-state index contributed by atoms with van der Waals surface area (Å²) in [5, 5.41) is 10.9. The van der Waals surface area contributed by atoms with Crippen LogP contribution in [0, 0.1) is 6.92 Å². The fourth-order valence-electron chi connectivity index (χ4n) is 2.98. The van der Waals surface area contributed by atoms with E-state index in [-0.39, 0.29) is 12.1 Å². The first-order chi connectivity index (χ1) is 12.5. The number of aryl methyl sites for hydroxylation is 2. The van der Waals surface area contributed by atoms with Gasteiger partial charge in [0.1, 0.15) is 17.8 Å². The van der Waals surface area contributed by atoms with Gasteiger partial charge < -0.3 is 23.9 Å². The Morgan fingerprint density at radius 3 is 2.77 bits per heavy atom. The molecule has 0 bridgehead atoms. The molecule has 3 heterocycles. The van der Waals surface area contributed by atoms with E-state index in [9.17, 15) is 4.79 Å². The number of hydrogen-bond acceptors (Lipinski definition) is 6. The van der Waals surface area contributed by atoms with E-state index in [4.69, 9.17) is 9.15 Å². The topological polar surface area (TPSA) is 88.7 Å². The van der Waals surface area contributed by atoms with Crippen LogP contribution in [0.1, 0.15) is 23.4 Å². The highest BCUT2D eigenvalue weighted by molar-refractivity contribution is 5.73. The van der Waals surface area contributed by atoms with Crippen LogP contribution in [0.4, 0.5) is 4.79 Å². The zero-order chi connectivity index (χ0) is 18.5. The Bertz CT molecular complexity index is 722. The lowest BCUT2D eigenvalue weighted by Crippen LogP contribution is -2.46. The van der Waals surface area contributed by atoms with Crippen LogP contribution >= 0.6 is 0 Å². The highest BCUT2D eigenvalue weighted by Crippen LogP contribution is 2.23. The summed E-state index contributed by atoms with van der Waals surface area (Å²) in [5.41, 5.74) is 0. The number of morpholine rings is 1. The van der Waals surface area contributed by atoms with E-state index in [1.54, 1.807) is 22.8 Å². The van der Waals surface area contributed by atoms with Crippen molar-refractivity contribution in [1.82, 2.24) is 29.9 Å². The molecule has 1 N–H and O–H groups in total. The van der Waals surface area contributed by atoms with E-state index in [1.165, 1.54) is 0 Å². The van der Waals surface area contributed by atoms with Gasteiger partial charge in [-0.15, -0.1) is 10.2 Å². The molecule has 0 saturated carbocycles. The summed E-state index contributed by atoms with van der Waals surface area (Å²) in [6.45, 7) is 5.79. The number of hydrogen-bond donors (Lipinski definition) is 1. The summed E-state index contributed by atoms with van der Waals surface area (Å²) in [5.74, 6) is 2.46. The van der Waals surface area contributed by atoms with Gasteiger partial charge in [-0.05, 0) is 19.1 Å². The van der Waals surface area contributed by atoms with Crippen LogP contribution in [0.2, 0.25) is 0 Å². The zero-order valence-electron chi connectivity index (χ0n) is 15.5. The maximum absolute atomic E-state index is 12.5. The van der Waals surface area contributed by atoms with E-state index in [2.05, 4.69) is 20.4 Å². The summed E-state index contributed by atoms with van der Waals surface area (Å²) < 4.78 is 13.1. The van der Waals surface area contributed by atoms with Gasteiger partial charge in [0.15, 0.2) is 5.82 Å². The Hall–Kier alpha value is -2.39. The molecular weight excluding hydrogens is 336 g/mol. The van der Waals surface area contributed by atoms with Gasteiger partial charge in [-0.3, -0.25) is 4.90 Å². The van der Waals surface area contributed by atoms with Gasteiger partial charge in [-0.2, -0.15) is 0 Å². The molecule has 3 rings (SSSR count). The summed E-state index contributed by atoms with van der Waals surface area (Å²) in [7, 11) is 3.60. The average molecular weight is 362 g/mol. The quantitative estimate of drug-likeness (QED) is 0.822. The maximum Gasteiger partial charge on any atom is 0.317 e. The number of carbonyl (C=O) groups is 1. The molecule has 2 amide bonds. The van der Waals surface area contributed by atoms with E-state index in [1.807, 2.05) is 26.1 Å². The molecule has 26 heavy (non-hydrogen) atoms. The third-order valence-corrected chi connectivity index (χ3v) is 4.55. The minimum atomic E-state index is -0.158. The smallest absolute Gasteiger partial charge is 0.317 e. The Labute approximate surface area is 152 Å². The van der Waals surface area contributed by atoms with Crippen molar-refractivity contribution in [3.05, 3.63) is 35.8 Å². The van der Waals surface area contributed by atoms with Crippen LogP contribution < -0.4 is 5.32 Å². The lowest BCUT2D eigenvalue weighted by molar-refractivity contribution is 0.0119. The number of nitrogens with zero attached hydrogens (tertiary/aromatic N) is 5. The third kappa shape index (κ3) is 4.41. The van der Waals surface area contributed by atoms with Gasteiger partial charge in [-0.1, -0.05) is 0 Å². The minimum Gasteiger partial charge on any atom is -0.465 e. The van der Waals surface area contributed by atoms with Crippen LogP contribution in [-0.2, 0) is 18.3 Å². The highest BCUT2D eigenvalue weighted by Gasteiger charge is 2.26. The minimum absolute atomic E-state index is 0.0141. The van der Waals surface area contributed by atoms with Crippen LogP contribution in [0.5, 0.6) is 0 Å². The number of nitrogens with one attached hydrogen (secondary N) is 1. The molecule has 0 aliphatic carbocycles. The van der Waals surface area contributed by atoms with E-state index >= 15 is 0 Å². The summed E-state index contributed by atoms with van der Waals surface area (Å²) in [6, 6.07) is 3.75. The molecule has 2 aromatic rings. The van der Waals surface area contributed by atoms with Crippen LogP contribution in [0.25, 0.3) is 0 Å². The molecule has 0 spiro atoms. The summed E-state index contributed by atoms with van der Waals surface area (Å²) in [6.07, 6.45) is 1.62. The first kappa shape index (κ1) is 18.4. The zero-order valence-corrected chi connectivity index (χ0v) is 15.5. The predicted molar refractivity (Wildman–Crippen MR) is 94.4 cm³/mol. The largest absolute Gasteiger partial charge is 0.465 e. The number of ether oxygens (including phenoxy) is 1. The molecule has 1 fully saturated rings. The SMILES string of the molecule is Cc1ccc(C(CNC(=O)N(C)Cc2nncn2C)N2CCOCC2)o1. The second-order valence-electron chi connectivity index (χ2n) is 6.51. The van der Waals surface area contributed by atoms with Gasteiger partial charge in [0.25, 0.3) is 0 Å². The van der Waals surface area contributed by atoms with E-state index < -0.39 is 0 Å².